The first kappa shape index (κ1) is 23.4. The van der Waals surface area contributed by atoms with E-state index in [1.807, 2.05) is 6.07 Å². The largest absolute Gasteiger partial charge is 0.507 e. The monoisotopic (exact) mass is 455 g/mol. The van der Waals surface area contributed by atoms with Crippen molar-refractivity contribution in [3.8, 4) is 5.75 Å². The van der Waals surface area contributed by atoms with E-state index in [-0.39, 0.29) is 21.1 Å². The van der Waals surface area contributed by atoms with Gasteiger partial charge in [0.05, 0.1) is 21.5 Å². The van der Waals surface area contributed by atoms with E-state index in [0.717, 1.165) is 17.2 Å². The van der Waals surface area contributed by atoms with E-state index < -0.39 is 21.8 Å². The van der Waals surface area contributed by atoms with Gasteiger partial charge < -0.3 is 20.8 Å². The van der Waals surface area contributed by atoms with E-state index >= 15 is 0 Å². The molecule has 32 heavy (non-hydrogen) atoms. The van der Waals surface area contributed by atoms with Gasteiger partial charge in [-0.2, -0.15) is 0 Å². The molecule has 9 heteroatoms. The van der Waals surface area contributed by atoms with Crippen LogP contribution in [0.3, 0.4) is 0 Å². The van der Waals surface area contributed by atoms with Gasteiger partial charge in [-0.25, -0.2) is 8.42 Å². The number of phenolic OH excluding ortho intramolecular Hbond substituents is 1. The Labute approximate surface area is 186 Å². The third-order valence-electron chi connectivity index (χ3n) is 4.98. The lowest BCUT2D eigenvalue weighted by atomic mass is 10.1. The van der Waals surface area contributed by atoms with Crippen molar-refractivity contribution in [3.63, 3.8) is 0 Å². The van der Waals surface area contributed by atoms with Crippen LogP contribution in [0, 0.1) is 0 Å². The number of nitrogens with one attached hydrogen (secondary N) is 2. The summed E-state index contributed by atoms with van der Waals surface area (Å²) >= 11 is 0. The van der Waals surface area contributed by atoms with Crippen LogP contribution in [0.4, 0.5) is 0 Å². The lowest BCUT2D eigenvalue weighted by molar-refractivity contribution is 0.0960. The minimum absolute atomic E-state index is 0.0762. The van der Waals surface area contributed by atoms with Crippen molar-refractivity contribution >= 4 is 15.7 Å². The molecule has 0 radical (unpaired) electrons. The first-order valence-electron chi connectivity index (χ1n) is 10.0. The van der Waals surface area contributed by atoms with Crippen molar-refractivity contribution in [2.45, 2.75) is 22.3 Å². The summed E-state index contributed by atoms with van der Waals surface area (Å²) in [6.07, 6.45) is 3.27. The molecule has 3 aromatic rings. The summed E-state index contributed by atoms with van der Waals surface area (Å²) in [5.74, 6) is -0.865. The highest BCUT2D eigenvalue weighted by Crippen LogP contribution is 2.26. The van der Waals surface area contributed by atoms with Crippen LogP contribution in [0.15, 0.2) is 76.8 Å². The van der Waals surface area contributed by atoms with Crippen molar-refractivity contribution in [3.05, 3.63) is 83.7 Å². The second kappa shape index (κ2) is 10.4. The number of hydrogen-bond acceptors (Lipinski definition) is 7. The topological polar surface area (TPSA) is 129 Å². The fourth-order valence-electron chi connectivity index (χ4n) is 3.13. The Bertz CT molecular complexity index is 1170. The van der Waals surface area contributed by atoms with Gasteiger partial charge in [0.25, 0.3) is 5.91 Å². The summed E-state index contributed by atoms with van der Waals surface area (Å²) in [5, 5.41) is 25.5. The van der Waals surface area contributed by atoms with E-state index in [1.165, 1.54) is 31.3 Å². The lowest BCUT2D eigenvalue weighted by Gasteiger charge is -2.12. The number of aliphatic hydroxyl groups excluding tert-OH is 1. The minimum atomic E-state index is -3.85. The zero-order valence-electron chi connectivity index (χ0n) is 17.5. The van der Waals surface area contributed by atoms with Gasteiger partial charge in [-0.3, -0.25) is 9.78 Å². The number of hydrogen-bond donors (Lipinski definition) is 4. The quantitative estimate of drug-likeness (QED) is 0.363. The molecule has 1 amide bonds. The standard InChI is InChI=1S/C23H25N3O5S/c1-24-23(29)20-13-19(8-9-21(20)27)32(30,31)18-6-4-16(5-7-18)10-12-26-15-22(28)17-3-2-11-25-14-17/h2-9,11,13-14,22,26-28H,10,12,15H2,1H3,(H,24,29)/t22-/m1/s1. The zero-order chi connectivity index (χ0) is 23.1. The van der Waals surface area contributed by atoms with Crippen LogP contribution in [0.25, 0.3) is 0 Å². The molecule has 0 aliphatic rings. The van der Waals surface area contributed by atoms with Gasteiger partial charge in [0.2, 0.25) is 9.84 Å². The highest BCUT2D eigenvalue weighted by atomic mass is 32.2. The summed E-state index contributed by atoms with van der Waals surface area (Å²) in [7, 11) is -2.45. The van der Waals surface area contributed by atoms with E-state index in [1.54, 1.807) is 30.6 Å². The molecule has 1 atom stereocenters. The second-order valence-electron chi connectivity index (χ2n) is 7.16. The highest BCUT2D eigenvalue weighted by molar-refractivity contribution is 7.91. The average molecular weight is 456 g/mol. The smallest absolute Gasteiger partial charge is 0.254 e. The molecule has 0 spiro atoms. The third kappa shape index (κ3) is 5.50. The van der Waals surface area contributed by atoms with Gasteiger partial charge in [-0.1, -0.05) is 18.2 Å². The van der Waals surface area contributed by atoms with Gasteiger partial charge in [-0.15, -0.1) is 0 Å². The number of aromatic hydroxyl groups is 1. The molecule has 0 saturated carbocycles. The first-order chi connectivity index (χ1) is 15.3. The molecule has 0 bridgehead atoms. The predicted molar refractivity (Wildman–Crippen MR) is 119 cm³/mol. The van der Waals surface area contributed by atoms with Crippen LogP contribution in [0.5, 0.6) is 5.75 Å². The molecular formula is C23H25N3O5S. The van der Waals surface area contributed by atoms with E-state index in [2.05, 4.69) is 15.6 Å². The number of amides is 1. The fourth-order valence-corrected chi connectivity index (χ4v) is 4.42. The summed E-state index contributed by atoms with van der Waals surface area (Å²) in [5.41, 5.74) is 1.57. The summed E-state index contributed by atoms with van der Waals surface area (Å²) in [6.45, 7) is 0.990. The van der Waals surface area contributed by atoms with Crippen molar-refractivity contribution in [1.82, 2.24) is 15.6 Å². The van der Waals surface area contributed by atoms with Gasteiger partial charge >= 0.3 is 0 Å². The maximum absolute atomic E-state index is 12.9. The molecule has 3 rings (SSSR count). The van der Waals surface area contributed by atoms with E-state index in [0.29, 0.717) is 19.5 Å². The summed E-state index contributed by atoms with van der Waals surface area (Å²) in [6, 6.07) is 13.7. The summed E-state index contributed by atoms with van der Waals surface area (Å²) in [4.78, 5) is 15.9. The number of carbonyl (C=O) groups excluding carboxylic acids is 1. The molecule has 0 unspecified atom stereocenters. The Balaban J connectivity index is 1.62. The van der Waals surface area contributed by atoms with Crippen molar-refractivity contribution in [2.24, 2.45) is 0 Å². The maximum atomic E-state index is 12.9. The predicted octanol–water partition coefficient (Wildman–Crippen LogP) is 1.85. The Morgan fingerprint density at radius 2 is 1.81 bits per heavy atom. The first-order valence-corrected chi connectivity index (χ1v) is 11.5. The maximum Gasteiger partial charge on any atom is 0.254 e. The molecule has 0 aliphatic heterocycles. The van der Waals surface area contributed by atoms with Gasteiger partial charge in [0.15, 0.2) is 0 Å². The van der Waals surface area contributed by atoms with Crippen molar-refractivity contribution in [1.29, 1.82) is 0 Å². The molecular weight excluding hydrogens is 430 g/mol. The molecule has 8 nitrogen and oxygen atoms in total. The number of sulfone groups is 1. The Morgan fingerprint density at radius 3 is 2.47 bits per heavy atom. The molecule has 0 fully saturated rings. The fraction of sp³-hybridized carbons (Fsp3) is 0.217. The lowest BCUT2D eigenvalue weighted by Crippen LogP contribution is -2.23. The van der Waals surface area contributed by atoms with Gasteiger partial charge in [0, 0.05) is 31.5 Å². The minimum Gasteiger partial charge on any atom is -0.507 e. The van der Waals surface area contributed by atoms with Crippen LogP contribution < -0.4 is 10.6 Å². The van der Waals surface area contributed by atoms with Gasteiger partial charge in [0.1, 0.15) is 5.75 Å². The van der Waals surface area contributed by atoms with Crippen molar-refractivity contribution in [2.75, 3.05) is 20.1 Å². The van der Waals surface area contributed by atoms with Crippen molar-refractivity contribution < 1.29 is 23.4 Å². The van der Waals surface area contributed by atoms with Crippen LogP contribution in [-0.4, -0.2) is 49.7 Å². The van der Waals surface area contributed by atoms with Crippen LogP contribution in [0.2, 0.25) is 0 Å². The molecule has 1 aromatic heterocycles. The zero-order valence-corrected chi connectivity index (χ0v) is 18.3. The summed E-state index contributed by atoms with van der Waals surface area (Å²) < 4.78 is 25.9. The molecule has 0 saturated heterocycles. The Hall–Kier alpha value is -3.27. The van der Waals surface area contributed by atoms with Crippen LogP contribution >= 0.6 is 0 Å². The molecule has 1 heterocycles. The number of rotatable bonds is 9. The van der Waals surface area contributed by atoms with Crippen LogP contribution in [0.1, 0.15) is 27.6 Å². The Kier molecular flexibility index (Phi) is 7.57. The van der Waals surface area contributed by atoms with Crippen LogP contribution in [-0.2, 0) is 16.3 Å². The number of carbonyl (C=O) groups is 1. The normalized spacial score (nSPS) is 12.3. The molecule has 2 aromatic carbocycles. The van der Waals surface area contributed by atoms with Gasteiger partial charge in [-0.05, 0) is 54.9 Å². The molecule has 4 N–H and O–H groups in total. The highest BCUT2D eigenvalue weighted by Gasteiger charge is 2.21. The third-order valence-corrected chi connectivity index (χ3v) is 6.75. The number of aromatic nitrogens is 1. The number of phenols is 1. The van der Waals surface area contributed by atoms with E-state index in [9.17, 15) is 23.4 Å². The molecule has 168 valence electrons. The number of nitrogens with zero attached hydrogens (tertiary/aromatic N) is 1. The average Bonchev–Trinajstić information content (AvgIpc) is 2.82. The second-order valence-corrected chi connectivity index (χ2v) is 9.11. The van der Waals surface area contributed by atoms with E-state index in [4.69, 9.17) is 0 Å². The molecule has 0 aliphatic carbocycles. The number of aliphatic hydroxyl groups is 1. The Morgan fingerprint density at radius 1 is 1.09 bits per heavy atom. The number of pyridine rings is 1. The SMILES string of the molecule is CNC(=O)c1cc(S(=O)(=O)c2ccc(CCNC[C@@H](O)c3cccnc3)cc2)ccc1O. The number of benzene rings is 2.